The van der Waals surface area contributed by atoms with E-state index in [1.807, 2.05) is 7.05 Å². The molecule has 3 atom stereocenters. The monoisotopic (exact) mass is 563 g/mol. The zero-order valence-corrected chi connectivity index (χ0v) is 22.9. The van der Waals surface area contributed by atoms with Crippen LogP contribution in [0.4, 0.5) is 5.82 Å². The SMILES string of the molecule is CN1Cc2cnc(C(=O)N[C@@H]3C[C@@H](C(=O)N(C)C)CC[C@@H]3NC(=O)C(=O)Nc3ccc(Cl)cn3)cc2C1.Cl. The number of anilines is 1. The lowest BCUT2D eigenvalue weighted by Gasteiger charge is -2.37. The van der Waals surface area contributed by atoms with Crippen LogP contribution >= 0.6 is 24.0 Å². The van der Waals surface area contributed by atoms with Gasteiger partial charge in [0.15, 0.2) is 0 Å². The fourth-order valence-corrected chi connectivity index (χ4v) is 4.88. The number of aromatic nitrogens is 2. The number of carbonyl (C=O) groups is 4. The predicted octanol–water partition coefficient (Wildman–Crippen LogP) is 1.61. The van der Waals surface area contributed by atoms with Gasteiger partial charge in [0.25, 0.3) is 5.91 Å². The number of halogens is 2. The van der Waals surface area contributed by atoms with E-state index in [2.05, 4.69) is 30.8 Å². The molecule has 1 saturated carbocycles. The Hall–Kier alpha value is -3.28. The topological polar surface area (TPSA) is 137 Å². The molecule has 0 spiro atoms. The van der Waals surface area contributed by atoms with Gasteiger partial charge in [-0.05, 0) is 55.6 Å². The molecule has 0 unspecified atom stereocenters. The van der Waals surface area contributed by atoms with Crippen molar-refractivity contribution in [2.24, 2.45) is 5.92 Å². The average Bonchev–Trinajstić information content (AvgIpc) is 3.25. The fourth-order valence-electron chi connectivity index (χ4n) is 4.77. The molecule has 0 aromatic carbocycles. The average molecular weight is 564 g/mol. The molecule has 4 rings (SSSR count). The van der Waals surface area contributed by atoms with Gasteiger partial charge in [0.1, 0.15) is 11.5 Å². The summed E-state index contributed by atoms with van der Waals surface area (Å²) in [5.74, 6) is -2.33. The second-order valence-corrected chi connectivity index (χ2v) is 10.2. The molecule has 1 aliphatic carbocycles. The van der Waals surface area contributed by atoms with E-state index >= 15 is 0 Å². The van der Waals surface area contributed by atoms with Crippen LogP contribution in [0, 0.1) is 5.92 Å². The molecular weight excluding hydrogens is 533 g/mol. The van der Waals surface area contributed by atoms with E-state index < -0.39 is 29.8 Å². The number of rotatable bonds is 5. The van der Waals surface area contributed by atoms with Crippen LogP contribution in [0.15, 0.2) is 30.6 Å². The summed E-state index contributed by atoms with van der Waals surface area (Å²) in [6, 6.07) is 3.68. The van der Waals surface area contributed by atoms with Crippen LogP contribution in [0.3, 0.4) is 0 Å². The second-order valence-electron chi connectivity index (χ2n) is 9.73. The highest BCUT2D eigenvalue weighted by atomic mass is 35.5. The number of hydrogen-bond acceptors (Lipinski definition) is 7. The highest BCUT2D eigenvalue weighted by molar-refractivity contribution is 6.39. The highest BCUT2D eigenvalue weighted by Crippen LogP contribution is 2.27. The molecular formula is C25H31Cl2N7O4. The van der Waals surface area contributed by atoms with Crippen LogP contribution in [-0.4, -0.2) is 76.6 Å². The largest absolute Gasteiger partial charge is 0.349 e. The number of pyridine rings is 2. The minimum absolute atomic E-state index is 0. The molecule has 3 heterocycles. The quantitative estimate of drug-likeness (QED) is 0.470. The third kappa shape index (κ3) is 6.97. The van der Waals surface area contributed by atoms with Crippen molar-refractivity contribution in [2.45, 2.75) is 44.4 Å². The van der Waals surface area contributed by atoms with Crippen molar-refractivity contribution in [1.29, 1.82) is 0 Å². The van der Waals surface area contributed by atoms with Gasteiger partial charge >= 0.3 is 11.8 Å². The summed E-state index contributed by atoms with van der Waals surface area (Å²) in [6.07, 6.45) is 4.31. The molecule has 3 N–H and O–H groups in total. The lowest BCUT2D eigenvalue weighted by molar-refractivity contribution is -0.137. The standard InChI is InChI=1S/C25H30ClN7O4.ClH/c1-32(2)25(37)14-4-6-18(29-23(35)24(36)31-21-7-5-17(26)11-28-21)19(8-14)30-22(34)20-9-15-12-33(3)13-16(15)10-27-20;/h5,7,9-11,14,18-19H,4,6,8,12-13H2,1-3H3,(H,29,35)(H,30,34)(H,28,31,36);1H/t14-,18-,19+;/m0./s1. The number of fused-ring (bicyclic) bond motifs is 1. The Kier molecular flexibility index (Phi) is 9.64. The first-order valence-electron chi connectivity index (χ1n) is 12.0. The van der Waals surface area contributed by atoms with E-state index in [0.29, 0.717) is 24.3 Å². The zero-order chi connectivity index (χ0) is 26.7. The highest BCUT2D eigenvalue weighted by Gasteiger charge is 2.37. The molecule has 13 heteroatoms. The first-order chi connectivity index (χ1) is 17.6. The van der Waals surface area contributed by atoms with E-state index in [0.717, 1.165) is 24.2 Å². The van der Waals surface area contributed by atoms with E-state index in [1.54, 1.807) is 32.4 Å². The maximum absolute atomic E-state index is 13.1. The minimum atomic E-state index is -0.893. The summed E-state index contributed by atoms with van der Waals surface area (Å²) in [5, 5.41) is 8.50. The van der Waals surface area contributed by atoms with Gasteiger partial charge in [-0.25, -0.2) is 4.98 Å². The Labute approximate surface area is 232 Å². The molecule has 38 heavy (non-hydrogen) atoms. The van der Waals surface area contributed by atoms with Crippen molar-refractivity contribution in [3.8, 4) is 0 Å². The van der Waals surface area contributed by atoms with Crippen molar-refractivity contribution in [1.82, 2.24) is 30.4 Å². The summed E-state index contributed by atoms with van der Waals surface area (Å²) < 4.78 is 0. The van der Waals surface area contributed by atoms with Crippen molar-refractivity contribution in [3.05, 3.63) is 52.4 Å². The Bertz CT molecular complexity index is 1210. The molecule has 0 bridgehead atoms. The first-order valence-corrected chi connectivity index (χ1v) is 12.4. The summed E-state index contributed by atoms with van der Waals surface area (Å²) in [6.45, 7) is 1.51. The fraction of sp³-hybridized carbons (Fsp3) is 0.440. The predicted molar refractivity (Wildman–Crippen MR) is 144 cm³/mol. The normalized spacial score (nSPS) is 20.5. The Morgan fingerprint density at radius 3 is 2.39 bits per heavy atom. The van der Waals surface area contributed by atoms with Crippen molar-refractivity contribution in [3.63, 3.8) is 0 Å². The molecule has 204 valence electrons. The molecule has 4 amide bonds. The van der Waals surface area contributed by atoms with Crippen LogP contribution in [0.25, 0.3) is 0 Å². The van der Waals surface area contributed by atoms with Crippen LogP contribution in [0.1, 0.15) is 40.9 Å². The van der Waals surface area contributed by atoms with Gasteiger partial charge < -0.3 is 20.9 Å². The van der Waals surface area contributed by atoms with Crippen LogP contribution in [0.5, 0.6) is 0 Å². The van der Waals surface area contributed by atoms with Gasteiger partial charge in [0.05, 0.1) is 11.1 Å². The number of carbonyl (C=O) groups excluding carboxylic acids is 4. The van der Waals surface area contributed by atoms with E-state index in [9.17, 15) is 19.2 Å². The smallest absolute Gasteiger partial charge is 0.314 e. The maximum atomic E-state index is 13.1. The van der Waals surface area contributed by atoms with Gasteiger partial charge in [0.2, 0.25) is 5.91 Å². The summed E-state index contributed by atoms with van der Waals surface area (Å²) in [4.78, 5) is 62.9. The van der Waals surface area contributed by atoms with E-state index in [1.165, 1.54) is 17.2 Å². The summed E-state index contributed by atoms with van der Waals surface area (Å²) in [7, 11) is 5.37. The van der Waals surface area contributed by atoms with Crippen molar-refractivity contribution < 1.29 is 19.2 Å². The van der Waals surface area contributed by atoms with E-state index in [-0.39, 0.29) is 35.7 Å². The molecule has 0 radical (unpaired) electrons. The molecule has 2 aromatic rings. The van der Waals surface area contributed by atoms with Gasteiger partial charge in [-0.15, -0.1) is 12.4 Å². The third-order valence-electron chi connectivity index (χ3n) is 6.64. The van der Waals surface area contributed by atoms with Crippen molar-refractivity contribution >= 4 is 53.5 Å². The number of hydrogen-bond donors (Lipinski definition) is 3. The lowest BCUT2D eigenvalue weighted by Crippen LogP contribution is -2.57. The molecule has 1 fully saturated rings. The Morgan fingerprint density at radius 1 is 0.974 bits per heavy atom. The van der Waals surface area contributed by atoms with Gasteiger partial charge in [0, 0.05) is 51.5 Å². The minimum Gasteiger partial charge on any atom is -0.349 e. The summed E-state index contributed by atoms with van der Waals surface area (Å²) >= 11 is 5.81. The van der Waals surface area contributed by atoms with Crippen molar-refractivity contribution in [2.75, 3.05) is 26.5 Å². The third-order valence-corrected chi connectivity index (χ3v) is 6.87. The second kappa shape index (κ2) is 12.5. The first kappa shape index (κ1) is 29.3. The van der Waals surface area contributed by atoms with Gasteiger partial charge in [-0.3, -0.25) is 29.1 Å². The molecule has 0 saturated heterocycles. The molecule has 2 aromatic heterocycles. The molecule has 1 aliphatic heterocycles. The molecule has 11 nitrogen and oxygen atoms in total. The van der Waals surface area contributed by atoms with Crippen LogP contribution in [-0.2, 0) is 27.5 Å². The number of nitrogens with zero attached hydrogens (tertiary/aromatic N) is 4. The van der Waals surface area contributed by atoms with Gasteiger partial charge in [-0.1, -0.05) is 11.6 Å². The maximum Gasteiger partial charge on any atom is 0.314 e. The lowest BCUT2D eigenvalue weighted by atomic mass is 9.81. The number of nitrogens with one attached hydrogen (secondary N) is 3. The summed E-state index contributed by atoms with van der Waals surface area (Å²) in [5.41, 5.74) is 2.40. The van der Waals surface area contributed by atoms with Crippen LogP contribution < -0.4 is 16.0 Å². The Balaban J connectivity index is 0.00000400. The number of amides is 4. The van der Waals surface area contributed by atoms with E-state index in [4.69, 9.17) is 11.6 Å². The Morgan fingerprint density at radius 2 is 1.71 bits per heavy atom. The zero-order valence-electron chi connectivity index (χ0n) is 21.4. The van der Waals surface area contributed by atoms with Crippen LogP contribution in [0.2, 0.25) is 5.02 Å². The molecule has 2 aliphatic rings. The van der Waals surface area contributed by atoms with Gasteiger partial charge in [-0.2, -0.15) is 0 Å².